The highest BCUT2D eigenvalue weighted by Gasteiger charge is 2.22. The van der Waals surface area contributed by atoms with E-state index in [1.807, 2.05) is 6.92 Å². The van der Waals surface area contributed by atoms with Crippen LogP contribution in [0.4, 0.5) is 0 Å². The zero-order chi connectivity index (χ0) is 13.1. The second-order valence-corrected chi connectivity index (χ2v) is 6.28. The summed E-state index contributed by atoms with van der Waals surface area (Å²) >= 11 is 0. The first-order valence-electron chi connectivity index (χ1n) is 5.44. The molecule has 0 fully saturated rings. The lowest BCUT2D eigenvalue weighted by Gasteiger charge is -2.05. The number of hydrogen-bond acceptors (Lipinski definition) is 4. The minimum Gasteiger partial charge on any atom is -0.380 e. The molecule has 7 heteroatoms. The molecule has 0 unspecified atom stereocenters. The van der Waals surface area contributed by atoms with Crippen LogP contribution >= 0.6 is 10.7 Å². The summed E-state index contributed by atoms with van der Waals surface area (Å²) in [5, 5.41) is 4.15. The normalized spacial score (nSPS) is 12.0. The van der Waals surface area contributed by atoms with Crippen LogP contribution in [-0.4, -0.2) is 31.4 Å². The lowest BCUT2D eigenvalue weighted by molar-refractivity contribution is 0.124. The molecule has 0 amide bonds. The summed E-state index contributed by atoms with van der Waals surface area (Å²) in [6.07, 6.45) is 0.957. The molecule has 5 nitrogen and oxygen atoms in total. The van der Waals surface area contributed by atoms with Gasteiger partial charge >= 0.3 is 0 Å². The molecule has 1 aromatic heterocycles. The third kappa shape index (κ3) is 3.69. The molecule has 0 saturated heterocycles. The summed E-state index contributed by atoms with van der Waals surface area (Å²) < 4.78 is 29.6. The summed E-state index contributed by atoms with van der Waals surface area (Å²) in [4.78, 5) is 0.106. The first kappa shape index (κ1) is 14.5. The van der Waals surface area contributed by atoms with Crippen LogP contribution in [0.2, 0.25) is 0 Å². The zero-order valence-electron chi connectivity index (χ0n) is 10.2. The van der Waals surface area contributed by atoms with Gasteiger partial charge in [-0.1, -0.05) is 6.92 Å². The van der Waals surface area contributed by atoms with Gasteiger partial charge in [-0.15, -0.1) is 0 Å². The number of rotatable bonds is 6. The second kappa shape index (κ2) is 5.84. The van der Waals surface area contributed by atoms with Crippen LogP contribution in [0.3, 0.4) is 0 Å². The molecule has 17 heavy (non-hydrogen) atoms. The SMILES string of the molecule is CCCOCCn1nc(C)c(S(=O)(=O)Cl)c1C. The van der Waals surface area contributed by atoms with Gasteiger partial charge in [0.25, 0.3) is 9.05 Å². The smallest absolute Gasteiger partial charge is 0.264 e. The highest BCUT2D eigenvalue weighted by molar-refractivity contribution is 8.13. The van der Waals surface area contributed by atoms with Crippen molar-refractivity contribution >= 4 is 19.7 Å². The van der Waals surface area contributed by atoms with E-state index in [1.54, 1.807) is 18.5 Å². The fourth-order valence-corrected chi connectivity index (χ4v) is 3.17. The van der Waals surface area contributed by atoms with Crippen molar-refractivity contribution < 1.29 is 13.2 Å². The van der Waals surface area contributed by atoms with Crippen LogP contribution in [0.15, 0.2) is 4.90 Å². The van der Waals surface area contributed by atoms with E-state index in [0.717, 1.165) is 6.42 Å². The van der Waals surface area contributed by atoms with E-state index in [2.05, 4.69) is 5.10 Å². The van der Waals surface area contributed by atoms with Crippen molar-refractivity contribution in [2.45, 2.75) is 38.6 Å². The van der Waals surface area contributed by atoms with Crippen molar-refractivity contribution in [3.63, 3.8) is 0 Å². The molecule has 0 aliphatic carbocycles. The highest BCUT2D eigenvalue weighted by Crippen LogP contribution is 2.22. The lowest BCUT2D eigenvalue weighted by atomic mass is 10.4. The number of aromatic nitrogens is 2. The van der Waals surface area contributed by atoms with Gasteiger partial charge in [0.05, 0.1) is 24.5 Å². The van der Waals surface area contributed by atoms with Crippen LogP contribution in [-0.2, 0) is 20.3 Å². The molecule has 98 valence electrons. The molecule has 1 heterocycles. The Hall–Kier alpha value is -0.590. The third-order valence-electron chi connectivity index (χ3n) is 2.35. The first-order chi connectivity index (χ1) is 7.88. The van der Waals surface area contributed by atoms with E-state index in [0.29, 0.717) is 31.1 Å². The van der Waals surface area contributed by atoms with Crippen molar-refractivity contribution in [3.8, 4) is 0 Å². The average molecular weight is 281 g/mol. The van der Waals surface area contributed by atoms with Gasteiger partial charge in [-0.05, 0) is 20.3 Å². The standard InChI is InChI=1S/C10H17ClN2O3S/c1-4-6-16-7-5-13-9(3)10(8(2)12-13)17(11,14)15/h4-7H2,1-3H3. The molecule has 1 rings (SSSR count). The topological polar surface area (TPSA) is 61.2 Å². The predicted molar refractivity (Wildman–Crippen MR) is 65.8 cm³/mol. The summed E-state index contributed by atoms with van der Waals surface area (Å²) in [6, 6.07) is 0. The quantitative estimate of drug-likeness (QED) is 0.589. The molecule has 1 aromatic rings. The maximum absolute atomic E-state index is 11.3. The van der Waals surface area contributed by atoms with Gasteiger partial charge in [-0.3, -0.25) is 4.68 Å². The van der Waals surface area contributed by atoms with Gasteiger partial charge in [-0.2, -0.15) is 5.10 Å². The van der Waals surface area contributed by atoms with Crippen LogP contribution in [0.5, 0.6) is 0 Å². The molecule has 0 N–H and O–H groups in total. The molecule has 0 aromatic carbocycles. The molecule has 0 radical (unpaired) electrons. The Morgan fingerprint density at radius 1 is 1.35 bits per heavy atom. The first-order valence-corrected chi connectivity index (χ1v) is 7.75. The van der Waals surface area contributed by atoms with E-state index >= 15 is 0 Å². The van der Waals surface area contributed by atoms with E-state index < -0.39 is 9.05 Å². The van der Waals surface area contributed by atoms with Crippen molar-refractivity contribution in [1.29, 1.82) is 0 Å². The van der Waals surface area contributed by atoms with Gasteiger partial charge in [0, 0.05) is 17.3 Å². The summed E-state index contributed by atoms with van der Waals surface area (Å²) in [7, 11) is 1.62. The fraction of sp³-hybridized carbons (Fsp3) is 0.700. The second-order valence-electron chi connectivity index (χ2n) is 3.77. The maximum Gasteiger partial charge on any atom is 0.264 e. The summed E-state index contributed by atoms with van der Waals surface area (Å²) in [5.41, 5.74) is 0.977. The molecule has 0 saturated carbocycles. The summed E-state index contributed by atoms with van der Waals surface area (Å²) in [6.45, 7) is 7.08. The third-order valence-corrected chi connectivity index (χ3v) is 3.90. The molecular weight excluding hydrogens is 264 g/mol. The largest absolute Gasteiger partial charge is 0.380 e. The van der Waals surface area contributed by atoms with Crippen molar-refractivity contribution in [1.82, 2.24) is 9.78 Å². The van der Waals surface area contributed by atoms with Crippen molar-refractivity contribution in [2.75, 3.05) is 13.2 Å². The summed E-state index contributed by atoms with van der Waals surface area (Å²) in [5.74, 6) is 0. The van der Waals surface area contributed by atoms with Crippen LogP contribution in [0, 0.1) is 13.8 Å². The minimum absolute atomic E-state index is 0.106. The highest BCUT2D eigenvalue weighted by atomic mass is 35.7. The molecular formula is C10H17ClN2O3S. The zero-order valence-corrected chi connectivity index (χ0v) is 11.8. The lowest BCUT2D eigenvalue weighted by Crippen LogP contribution is -2.09. The average Bonchev–Trinajstić information content (AvgIpc) is 2.48. The molecule has 0 aliphatic rings. The van der Waals surface area contributed by atoms with E-state index in [-0.39, 0.29) is 4.90 Å². The number of ether oxygens (including phenoxy) is 1. The fourth-order valence-electron chi connectivity index (χ4n) is 1.65. The Labute approximate surface area is 106 Å². The number of nitrogens with zero attached hydrogens (tertiary/aromatic N) is 2. The Bertz CT molecular complexity index is 482. The van der Waals surface area contributed by atoms with Gasteiger partial charge < -0.3 is 4.74 Å². The molecule has 0 spiro atoms. The molecule has 0 atom stereocenters. The van der Waals surface area contributed by atoms with E-state index in [4.69, 9.17) is 15.4 Å². The number of halogens is 1. The minimum atomic E-state index is -3.73. The van der Waals surface area contributed by atoms with E-state index in [1.165, 1.54) is 0 Å². The number of aryl methyl sites for hydroxylation is 1. The van der Waals surface area contributed by atoms with Crippen molar-refractivity contribution in [2.24, 2.45) is 0 Å². The van der Waals surface area contributed by atoms with Crippen molar-refractivity contribution in [3.05, 3.63) is 11.4 Å². The molecule has 0 aliphatic heterocycles. The van der Waals surface area contributed by atoms with Crippen LogP contribution < -0.4 is 0 Å². The predicted octanol–water partition coefficient (Wildman–Crippen LogP) is 1.85. The maximum atomic E-state index is 11.3. The Morgan fingerprint density at radius 2 is 2.00 bits per heavy atom. The van der Waals surface area contributed by atoms with Gasteiger partial charge in [0.2, 0.25) is 0 Å². The number of hydrogen-bond donors (Lipinski definition) is 0. The monoisotopic (exact) mass is 280 g/mol. The Morgan fingerprint density at radius 3 is 2.47 bits per heavy atom. The van der Waals surface area contributed by atoms with E-state index in [9.17, 15) is 8.42 Å². The van der Waals surface area contributed by atoms with Crippen LogP contribution in [0.1, 0.15) is 24.7 Å². The Balaban J connectivity index is 2.83. The molecule has 0 bridgehead atoms. The van der Waals surface area contributed by atoms with Gasteiger partial charge in [0.15, 0.2) is 0 Å². The Kier molecular flexibility index (Phi) is 4.97. The van der Waals surface area contributed by atoms with Crippen LogP contribution in [0.25, 0.3) is 0 Å². The van der Waals surface area contributed by atoms with Gasteiger partial charge in [0.1, 0.15) is 4.90 Å². The van der Waals surface area contributed by atoms with Gasteiger partial charge in [-0.25, -0.2) is 8.42 Å².